The van der Waals surface area contributed by atoms with Gasteiger partial charge in [0.05, 0.1) is 22.7 Å². The Morgan fingerprint density at radius 2 is 2.00 bits per heavy atom. The summed E-state index contributed by atoms with van der Waals surface area (Å²) in [6.07, 6.45) is 0. The van der Waals surface area contributed by atoms with Crippen LogP contribution < -0.4 is 10.6 Å². The zero-order chi connectivity index (χ0) is 14.7. The molecule has 2 aromatic rings. The van der Waals surface area contributed by atoms with Crippen LogP contribution in [0.25, 0.3) is 0 Å². The molecule has 0 bridgehead atoms. The van der Waals surface area contributed by atoms with Crippen molar-refractivity contribution in [1.82, 2.24) is 4.98 Å². The number of pyridine rings is 1. The molecule has 0 aliphatic carbocycles. The maximum Gasteiger partial charge on any atom is 0.276 e. The Morgan fingerprint density at radius 1 is 1.30 bits per heavy atom. The van der Waals surface area contributed by atoms with E-state index in [1.807, 2.05) is 0 Å². The molecule has 1 heterocycles. The molecule has 2 N–H and O–H groups in total. The highest BCUT2D eigenvalue weighted by Gasteiger charge is 2.11. The van der Waals surface area contributed by atoms with Gasteiger partial charge in [-0.3, -0.25) is 10.1 Å². The van der Waals surface area contributed by atoms with Crippen LogP contribution in [0.3, 0.4) is 0 Å². The van der Waals surface area contributed by atoms with E-state index >= 15 is 0 Å². The van der Waals surface area contributed by atoms with E-state index in [-0.39, 0.29) is 5.69 Å². The molecule has 6 nitrogen and oxygen atoms in total. The smallest absolute Gasteiger partial charge is 0.276 e. The molecule has 0 atom stereocenters. The van der Waals surface area contributed by atoms with Crippen molar-refractivity contribution in [2.24, 2.45) is 0 Å². The number of anilines is 3. The van der Waals surface area contributed by atoms with Gasteiger partial charge in [0, 0.05) is 15.6 Å². The van der Waals surface area contributed by atoms with Gasteiger partial charge in [0.25, 0.3) is 5.69 Å². The van der Waals surface area contributed by atoms with Crippen molar-refractivity contribution in [3.63, 3.8) is 0 Å². The minimum atomic E-state index is -0.458. The maximum absolute atomic E-state index is 10.9. The van der Waals surface area contributed by atoms with Gasteiger partial charge in [0.1, 0.15) is 11.6 Å². The molecule has 0 fully saturated rings. The highest BCUT2D eigenvalue weighted by Crippen LogP contribution is 2.27. The molecule has 0 saturated heterocycles. The van der Waals surface area contributed by atoms with Crippen molar-refractivity contribution in [2.45, 2.75) is 0 Å². The van der Waals surface area contributed by atoms with Crippen molar-refractivity contribution in [3.8, 4) is 0 Å². The first-order valence-corrected chi connectivity index (χ1v) is 7.01. The molecule has 0 unspecified atom stereocenters. The molecule has 1 aromatic heterocycles. The van der Waals surface area contributed by atoms with E-state index in [0.717, 1.165) is 9.26 Å². The first kappa shape index (κ1) is 14.8. The van der Waals surface area contributed by atoms with Crippen LogP contribution in [0.15, 0.2) is 30.3 Å². The van der Waals surface area contributed by atoms with Gasteiger partial charge in [-0.25, -0.2) is 4.98 Å². The van der Waals surface area contributed by atoms with Crippen molar-refractivity contribution >= 4 is 57.2 Å². The van der Waals surface area contributed by atoms with Crippen molar-refractivity contribution in [2.75, 3.05) is 17.7 Å². The number of rotatable bonds is 4. The van der Waals surface area contributed by atoms with Crippen molar-refractivity contribution in [3.05, 3.63) is 49.0 Å². The Kier molecular flexibility index (Phi) is 4.61. The molecule has 0 aliphatic heterocycles. The number of nitrogens with one attached hydrogen (secondary N) is 2. The lowest BCUT2D eigenvalue weighted by Crippen LogP contribution is -2.01. The summed E-state index contributed by atoms with van der Waals surface area (Å²) in [6.45, 7) is 0. The molecule has 1 aromatic carbocycles. The van der Waals surface area contributed by atoms with Gasteiger partial charge in [-0.1, -0.05) is 11.6 Å². The standard InChI is InChI=1S/C12H10ClIN4O2/c1-15-11-5-8(18(19)20)6-12(17-11)16-10-3-2-7(13)4-9(10)14/h2-6H,1H3,(H2,15,16,17). The average Bonchev–Trinajstić information content (AvgIpc) is 2.41. The lowest BCUT2D eigenvalue weighted by molar-refractivity contribution is -0.384. The predicted octanol–water partition coefficient (Wildman–Crippen LogP) is 4.03. The first-order valence-electron chi connectivity index (χ1n) is 5.56. The lowest BCUT2D eigenvalue weighted by atomic mass is 10.3. The highest BCUT2D eigenvalue weighted by molar-refractivity contribution is 14.1. The second kappa shape index (κ2) is 6.23. The third-order valence-corrected chi connectivity index (χ3v) is 3.60. The van der Waals surface area contributed by atoms with Crippen LogP contribution >= 0.6 is 34.2 Å². The summed E-state index contributed by atoms with van der Waals surface area (Å²) in [7, 11) is 1.65. The van der Waals surface area contributed by atoms with Gasteiger partial charge >= 0.3 is 0 Å². The Labute approximate surface area is 133 Å². The van der Waals surface area contributed by atoms with Gasteiger partial charge < -0.3 is 10.6 Å². The van der Waals surface area contributed by atoms with E-state index in [1.165, 1.54) is 12.1 Å². The van der Waals surface area contributed by atoms with E-state index in [9.17, 15) is 10.1 Å². The van der Waals surface area contributed by atoms with E-state index < -0.39 is 4.92 Å². The largest absolute Gasteiger partial charge is 0.373 e. The van der Waals surface area contributed by atoms with Gasteiger partial charge in [0.15, 0.2) is 0 Å². The molecule has 0 amide bonds. The van der Waals surface area contributed by atoms with Gasteiger partial charge in [-0.2, -0.15) is 0 Å². The third-order valence-electron chi connectivity index (χ3n) is 2.47. The van der Waals surface area contributed by atoms with Crippen LogP contribution in [0.1, 0.15) is 0 Å². The fourth-order valence-corrected chi connectivity index (χ4v) is 2.55. The van der Waals surface area contributed by atoms with Crippen LogP contribution in [0, 0.1) is 13.7 Å². The molecule has 8 heteroatoms. The Balaban J connectivity index is 2.37. The van der Waals surface area contributed by atoms with Crippen LogP contribution in [0.5, 0.6) is 0 Å². The van der Waals surface area contributed by atoms with Crippen LogP contribution in [-0.2, 0) is 0 Å². The molecular formula is C12H10ClIN4O2. The summed E-state index contributed by atoms with van der Waals surface area (Å²) in [5.74, 6) is 0.814. The molecule has 0 spiro atoms. The first-order chi connectivity index (χ1) is 9.49. The molecule has 0 aliphatic rings. The van der Waals surface area contributed by atoms with Crippen molar-refractivity contribution in [1.29, 1.82) is 0 Å². The molecule has 0 saturated carbocycles. The number of nitro groups is 1. The average molecular weight is 405 g/mol. The topological polar surface area (TPSA) is 80.1 Å². The van der Waals surface area contributed by atoms with Crippen molar-refractivity contribution < 1.29 is 4.92 Å². The SMILES string of the molecule is CNc1cc([N+](=O)[O-])cc(Nc2ccc(Cl)cc2I)n1. The Bertz CT molecular complexity index is 666. The molecular weight excluding hydrogens is 395 g/mol. The number of aromatic nitrogens is 1. The molecule has 2 rings (SSSR count). The lowest BCUT2D eigenvalue weighted by Gasteiger charge is -2.09. The monoisotopic (exact) mass is 404 g/mol. The number of benzene rings is 1. The number of hydrogen-bond acceptors (Lipinski definition) is 5. The summed E-state index contributed by atoms with van der Waals surface area (Å²) in [5.41, 5.74) is 0.751. The second-order valence-electron chi connectivity index (χ2n) is 3.85. The number of hydrogen-bond donors (Lipinski definition) is 2. The fraction of sp³-hybridized carbons (Fsp3) is 0.0833. The van der Waals surface area contributed by atoms with Gasteiger partial charge in [-0.15, -0.1) is 0 Å². The summed E-state index contributed by atoms with van der Waals surface area (Å²) >= 11 is 8.02. The summed E-state index contributed by atoms with van der Waals surface area (Å²) < 4.78 is 0.898. The third kappa shape index (κ3) is 3.48. The fourth-order valence-electron chi connectivity index (χ4n) is 1.54. The predicted molar refractivity (Wildman–Crippen MR) is 87.9 cm³/mol. The van der Waals surface area contributed by atoms with Crippen LogP contribution in [-0.4, -0.2) is 17.0 Å². The maximum atomic E-state index is 10.9. The number of nitrogens with zero attached hydrogens (tertiary/aromatic N) is 2. The van der Waals surface area contributed by atoms with Gasteiger partial charge in [0.2, 0.25) is 0 Å². The highest BCUT2D eigenvalue weighted by atomic mass is 127. The number of halogens is 2. The van der Waals surface area contributed by atoms with E-state index in [0.29, 0.717) is 16.7 Å². The second-order valence-corrected chi connectivity index (χ2v) is 5.45. The molecule has 20 heavy (non-hydrogen) atoms. The van der Waals surface area contributed by atoms with E-state index in [1.54, 1.807) is 25.2 Å². The molecule has 104 valence electrons. The zero-order valence-corrected chi connectivity index (χ0v) is 13.3. The Morgan fingerprint density at radius 3 is 2.60 bits per heavy atom. The summed E-state index contributed by atoms with van der Waals surface area (Å²) in [4.78, 5) is 14.7. The zero-order valence-electron chi connectivity index (χ0n) is 10.4. The van der Waals surface area contributed by atoms with Gasteiger partial charge in [-0.05, 0) is 40.8 Å². The normalized spacial score (nSPS) is 10.2. The van der Waals surface area contributed by atoms with E-state index in [2.05, 4.69) is 38.2 Å². The van der Waals surface area contributed by atoms with Crippen LogP contribution in [0.2, 0.25) is 5.02 Å². The quantitative estimate of drug-likeness (QED) is 0.457. The molecule has 0 radical (unpaired) electrons. The summed E-state index contributed by atoms with van der Waals surface area (Å²) in [5, 5.41) is 17.4. The minimum absolute atomic E-state index is 0.0316. The van der Waals surface area contributed by atoms with Crippen LogP contribution in [0.4, 0.5) is 23.0 Å². The summed E-state index contributed by atoms with van der Waals surface area (Å²) in [6, 6.07) is 8.08. The Hall–Kier alpha value is -1.61. The minimum Gasteiger partial charge on any atom is -0.373 e. The van der Waals surface area contributed by atoms with E-state index in [4.69, 9.17) is 11.6 Å².